The molecule has 0 saturated heterocycles. The van der Waals surface area contributed by atoms with E-state index >= 15 is 0 Å². The molecule has 11 heteroatoms. The number of carbonyl (C=O) groups excluding carboxylic acids is 1. The summed E-state index contributed by atoms with van der Waals surface area (Å²) in [5, 5.41) is 13.2. The largest absolute Gasteiger partial charge is 0.352 e. The summed E-state index contributed by atoms with van der Waals surface area (Å²) in [7, 11) is 1.85. The van der Waals surface area contributed by atoms with Crippen LogP contribution in [-0.4, -0.2) is 66.5 Å². The van der Waals surface area contributed by atoms with E-state index < -0.39 is 11.6 Å². The van der Waals surface area contributed by atoms with Crippen LogP contribution < -0.4 is 16.0 Å². The highest BCUT2D eigenvalue weighted by molar-refractivity contribution is 6.01. The van der Waals surface area contributed by atoms with E-state index in [9.17, 15) is 18.0 Å². The van der Waals surface area contributed by atoms with Gasteiger partial charge in [0, 0.05) is 37.8 Å². The van der Waals surface area contributed by atoms with Gasteiger partial charge in [0.25, 0.3) is 5.91 Å². The summed E-state index contributed by atoms with van der Waals surface area (Å²) in [5.41, 5.74) is 3.18. The maximum atomic E-state index is 14.5. The molecule has 0 atom stereocenters. The molecule has 3 N–H and O–H groups in total. The monoisotopic (exact) mass is 557 g/mol. The first-order valence-electron chi connectivity index (χ1n) is 13.7. The lowest BCUT2D eigenvalue weighted by Gasteiger charge is -2.34. The molecule has 2 saturated carbocycles. The lowest BCUT2D eigenvalue weighted by Crippen LogP contribution is -2.44. The molecule has 8 nitrogen and oxygen atoms in total. The number of hydrogen-bond donors (Lipinski definition) is 3. The second kappa shape index (κ2) is 12.4. The summed E-state index contributed by atoms with van der Waals surface area (Å²) in [6.45, 7) is 8.50. The number of aliphatic imine (C=N–C) groups is 2. The van der Waals surface area contributed by atoms with Crippen molar-refractivity contribution < 1.29 is 18.0 Å². The molecule has 2 heterocycles. The maximum Gasteiger partial charge on any atom is 0.255 e. The van der Waals surface area contributed by atoms with Crippen LogP contribution in [0.1, 0.15) is 68.3 Å². The third kappa shape index (κ3) is 6.80. The van der Waals surface area contributed by atoms with Crippen molar-refractivity contribution in [1.82, 2.24) is 25.6 Å². The average Bonchev–Trinajstić information content (AvgIpc) is 3.33. The Labute approximate surface area is 232 Å². The molecule has 4 rings (SSSR count). The van der Waals surface area contributed by atoms with Gasteiger partial charge in [0.15, 0.2) is 0 Å². The Bertz CT molecular complexity index is 1330. The predicted octanol–water partition coefficient (Wildman–Crippen LogP) is 4.93. The first-order chi connectivity index (χ1) is 19.1. The van der Waals surface area contributed by atoms with Crippen LogP contribution in [-0.2, 0) is 0 Å². The molecule has 0 spiro atoms. The molecule has 216 valence electrons. The fourth-order valence-electron chi connectivity index (χ4n) is 5.09. The number of amides is 1. The minimum Gasteiger partial charge on any atom is -0.352 e. The highest BCUT2D eigenvalue weighted by atomic mass is 19.3. The highest BCUT2D eigenvalue weighted by Crippen LogP contribution is 2.42. The molecule has 2 aliphatic carbocycles. The quantitative estimate of drug-likeness (QED) is 0.207. The molecule has 0 radical (unpaired) electrons. The van der Waals surface area contributed by atoms with Gasteiger partial charge >= 0.3 is 0 Å². The Hall–Kier alpha value is -3.47. The second-order valence-corrected chi connectivity index (χ2v) is 10.7. The maximum absolute atomic E-state index is 14.5. The van der Waals surface area contributed by atoms with E-state index in [4.69, 9.17) is 0 Å². The average molecular weight is 558 g/mol. The van der Waals surface area contributed by atoms with E-state index in [2.05, 4.69) is 37.8 Å². The van der Waals surface area contributed by atoms with E-state index in [1.54, 1.807) is 10.7 Å². The summed E-state index contributed by atoms with van der Waals surface area (Å²) < 4.78 is 42.5. The van der Waals surface area contributed by atoms with Crippen molar-refractivity contribution in [1.29, 1.82) is 0 Å². The Morgan fingerprint density at radius 3 is 2.62 bits per heavy atom. The number of halogens is 3. The van der Waals surface area contributed by atoms with Gasteiger partial charge in [-0.15, -0.1) is 0 Å². The molecule has 2 aromatic heterocycles. The minimum absolute atomic E-state index is 0.148. The third-order valence-electron chi connectivity index (χ3n) is 7.69. The van der Waals surface area contributed by atoms with Crippen LogP contribution in [0.25, 0.3) is 11.1 Å². The van der Waals surface area contributed by atoms with Crippen molar-refractivity contribution in [3.8, 4) is 0 Å². The van der Waals surface area contributed by atoms with Crippen molar-refractivity contribution in [3.05, 3.63) is 53.0 Å². The lowest BCUT2D eigenvalue weighted by molar-refractivity contribution is -0.108. The number of nitrogens with one attached hydrogen (secondary N) is 3. The molecule has 0 aliphatic heterocycles. The van der Waals surface area contributed by atoms with Gasteiger partial charge in [0.05, 0.1) is 23.8 Å². The van der Waals surface area contributed by atoms with Gasteiger partial charge in [-0.25, -0.2) is 27.7 Å². The number of guanidine groups is 1. The Balaban J connectivity index is 1.60. The molecular formula is C29H38F3N7O. The van der Waals surface area contributed by atoms with Gasteiger partial charge < -0.3 is 16.0 Å². The van der Waals surface area contributed by atoms with Gasteiger partial charge in [-0.1, -0.05) is 13.0 Å². The Kier molecular flexibility index (Phi) is 9.12. The van der Waals surface area contributed by atoms with Crippen molar-refractivity contribution in [3.63, 3.8) is 0 Å². The molecule has 0 bridgehead atoms. The third-order valence-corrected chi connectivity index (χ3v) is 7.69. The summed E-state index contributed by atoms with van der Waals surface area (Å²) in [6, 6.07) is 3.80. The first-order valence-corrected chi connectivity index (χ1v) is 13.7. The number of carbonyl (C=O) groups is 1. The highest BCUT2D eigenvalue weighted by Gasteiger charge is 2.45. The van der Waals surface area contributed by atoms with Crippen molar-refractivity contribution in [2.45, 2.75) is 64.0 Å². The number of likely N-dealkylation sites (N-methyl/N-ethyl adjacent to an activating group) is 1. The number of pyridine rings is 1. The number of fused-ring (bicyclic) bond motifs is 1. The van der Waals surface area contributed by atoms with E-state index in [-0.39, 0.29) is 43.7 Å². The molecule has 0 unspecified atom stereocenters. The van der Waals surface area contributed by atoms with E-state index in [0.29, 0.717) is 36.9 Å². The Morgan fingerprint density at radius 1 is 1.27 bits per heavy atom. The zero-order valence-corrected chi connectivity index (χ0v) is 23.4. The van der Waals surface area contributed by atoms with Gasteiger partial charge in [-0.3, -0.25) is 4.79 Å². The fourth-order valence-corrected chi connectivity index (χ4v) is 5.09. The second-order valence-electron chi connectivity index (χ2n) is 10.7. The molecule has 40 heavy (non-hydrogen) atoms. The summed E-state index contributed by atoms with van der Waals surface area (Å²) in [6.07, 6.45) is 7.45. The SMILES string of the molecule is C=N\C(=N/C(CC)=C(C)/C(=C\CNC)c1ccn2ncc(C(=O)NCC3CC(F)(F)C3)c2c1)NCC1(F)CCC1. The summed E-state index contributed by atoms with van der Waals surface area (Å²) in [5.74, 6) is -2.91. The van der Waals surface area contributed by atoms with Crippen LogP contribution in [0.4, 0.5) is 13.2 Å². The number of rotatable bonds is 11. The van der Waals surface area contributed by atoms with Crippen LogP contribution in [0.2, 0.25) is 0 Å². The van der Waals surface area contributed by atoms with E-state index in [0.717, 1.165) is 28.8 Å². The molecule has 2 fully saturated rings. The topological polar surface area (TPSA) is 95.2 Å². The molecular weight excluding hydrogens is 519 g/mol. The number of alkyl halides is 3. The Morgan fingerprint density at radius 2 is 2.02 bits per heavy atom. The van der Waals surface area contributed by atoms with Crippen LogP contribution in [0.15, 0.2) is 51.9 Å². The summed E-state index contributed by atoms with van der Waals surface area (Å²) in [4.78, 5) is 21.6. The van der Waals surface area contributed by atoms with Crippen molar-refractivity contribution >= 4 is 29.7 Å². The number of hydrogen-bond acceptors (Lipinski definition) is 4. The zero-order valence-electron chi connectivity index (χ0n) is 23.4. The first kappa shape index (κ1) is 29.5. The number of allylic oxidation sites excluding steroid dienone is 3. The van der Waals surface area contributed by atoms with E-state index in [1.807, 2.05) is 39.1 Å². The standard InChI is InChI=1S/C29H38F3N7O/c1-5-24(38-27(34-4)36-18-28(30)9-6-10-28)19(2)22(7-11-33-3)21-8-12-39-25(13-21)23(17-37-39)26(40)35-16-20-14-29(31,32)15-20/h7-8,12-13,17,20,33H,4-6,9-11,14-16,18H2,1-3H3,(H,35,40)(H,36,38)/b22-7+,24-19+. The van der Waals surface area contributed by atoms with Gasteiger partial charge in [-0.05, 0) is 81.1 Å². The predicted molar refractivity (Wildman–Crippen MR) is 153 cm³/mol. The minimum atomic E-state index is -2.62. The van der Waals surface area contributed by atoms with Gasteiger partial charge in [0.2, 0.25) is 11.9 Å². The van der Waals surface area contributed by atoms with Crippen LogP contribution in [0.3, 0.4) is 0 Å². The smallest absolute Gasteiger partial charge is 0.255 e. The lowest BCUT2D eigenvalue weighted by atomic mass is 9.81. The van der Waals surface area contributed by atoms with E-state index in [1.165, 1.54) is 6.20 Å². The van der Waals surface area contributed by atoms with Crippen LogP contribution in [0.5, 0.6) is 0 Å². The zero-order chi connectivity index (χ0) is 28.9. The molecule has 0 aromatic carbocycles. The van der Waals surface area contributed by atoms with Crippen LogP contribution >= 0.6 is 0 Å². The molecule has 1 amide bonds. The number of aromatic nitrogens is 2. The molecule has 2 aliphatic rings. The number of nitrogens with zero attached hydrogens (tertiary/aromatic N) is 4. The van der Waals surface area contributed by atoms with Crippen molar-refractivity contribution in [2.75, 3.05) is 26.7 Å². The van der Waals surface area contributed by atoms with Gasteiger partial charge in [0.1, 0.15) is 5.67 Å². The van der Waals surface area contributed by atoms with Gasteiger partial charge in [-0.2, -0.15) is 5.10 Å². The summed E-state index contributed by atoms with van der Waals surface area (Å²) >= 11 is 0. The molecule has 2 aromatic rings. The normalized spacial score (nSPS) is 19.4. The fraction of sp³-hybridized carbons (Fsp3) is 0.517. The van der Waals surface area contributed by atoms with Crippen molar-refractivity contribution in [2.24, 2.45) is 15.9 Å². The van der Waals surface area contributed by atoms with Crippen LogP contribution in [0, 0.1) is 5.92 Å².